The number of nitrogens with two attached hydrogens (primary N) is 1. The van der Waals surface area contributed by atoms with E-state index in [1.807, 2.05) is 18.4 Å². The van der Waals surface area contributed by atoms with Crippen LogP contribution in [0.15, 0.2) is 23.3 Å². The van der Waals surface area contributed by atoms with Crippen LogP contribution in [0.5, 0.6) is 0 Å². The predicted molar refractivity (Wildman–Crippen MR) is 114 cm³/mol. The van der Waals surface area contributed by atoms with Gasteiger partial charge in [-0.05, 0) is 26.3 Å². The number of alkyl halides is 3. The van der Waals surface area contributed by atoms with Crippen LogP contribution in [0.3, 0.4) is 0 Å². The maximum absolute atomic E-state index is 13.4. The molecule has 1 atom stereocenters. The first-order chi connectivity index (χ1) is 16.0. The summed E-state index contributed by atoms with van der Waals surface area (Å²) in [5.41, 5.74) is 7.42. The van der Waals surface area contributed by atoms with Crippen LogP contribution >= 0.6 is 0 Å². The summed E-state index contributed by atoms with van der Waals surface area (Å²) in [4.78, 5) is 35.3. The molecule has 0 saturated carbocycles. The normalized spacial score (nSPS) is 15.9. The van der Waals surface area contributed by atoms with Gasteiger partial charge in [0.05, 0.1) is 23.9 Å². The van der Waals surface area contributed by atoms with E-state index >= 15 is 0 Å². The van der Waals surface area contributed by atoms with Gasteiger partial charge in [-0.15, -0.1) is 0 Å². The monoisotopic (exact) mass is 484 g/mol. The number of imidazole rings is 1. The molecule has 0 aromatic carbocycles. The lowest BCUT2D eigenvalue weighted by Gasteiger charge is -2.18. The van der Waals surface area contributed by atoms with E-state index in [0.717, 1.165) is 11.8 Å². The number of ether oxygens (including phenoxy) is 2. The molecule has 14 heteroatoms. The lowest BCUT2D eigenvalue weighted by molar-refractivity contribution is -0.192. The number of hydrogen-bond donors (Lipinski definition) is 2. The highest BCUT2D eigenvalue weighted by Gasteiger charge is 2.38. The number of carboxylic acids is 1. The number of rotatable bonds is 5. The van der Waals surface area contributed by atoms with Crippen molar-refractivity contribution in [1.29, 1.82) is 0 Å². The predicted octanol–water partition coefficient (Wildman–Crippen LogP) is 2.13. The van der Waals surface area contributed by atoms with Gasteiger partial charge >= 0.3 is 12.1 Å². The van der Waals surface area contributed by atoms with E-state index in [0.29, 0.717) is 49.3 Å². The molecule has 1 aliphatic heterocycles. The molecule has 4 heterocycles. The number of aryl methyl sites for hydroxylation is 1. The van der Waals surface area contributed by atoms with Gasteiger partial charge in [-0.1, -0.05) is 0 Å². The van der Waals surface area contributed by atoms with Crippen molar-refractivity contribution in [1.82, 2.24) is 24.1 Å². The van der Waals surface area contributed by atoms with Gasteiger partial charge in [0.2, 0.25) is 5.95 Å². The molecular formula is C20H23F3N6O5. The third-order valence-corrected chi connectivity index (χ3v) is 5.00. The van der Waals surface area contributed by atoms with E-state index in [9.17, 15) is 18.0 Å². The topological polar surface area (TPSA) is 147 Å². The first kappa shape index (κ1) is 25.1. The van der Waals surface area contributed by atoms with Crippen LogP contribution in [-0.2, 0) is 21.0 Å². The summed E-state index contributed by atoms with van der Waals surface area (Å²) >= 11 is 0. The fraction of sp³-hybridized carbons (Fsp3) is 0.450. The average molecular weight is 484 g/mol. The van der Waals surface area contributed by atoms with Gasteiger partial charge < -0.3 is 24.9 Å². The SMILES string of the molecule is CCOCn1ccnc1-c1cc2c(C)nc(N)nc2n([C@@H]2CCOC2)c1=O.O=C(O)C(F)(F)F. The average Bonchev–Trinajstić information content (AvgIpc) is 3.44. The molecule has 1 saturated heterocycles. The van der Waals surface area contributed by atoms with E-state index in [4.69, 9.17) is 25.1 Å². The number of anilines is 1. The van der Waals surface area contributed by atoms with Crippen LogP contribution in [-0.4, -0.2) is 61.2 Å². The van der Waals surface area contributed by atoms with E-state index in [2.05, 4.69) is 15.0 Å². The van der Waals surface area contributed by atoms with Crippen LogP contribution in [0.4, 0.5) is 19.1 Å². The van der Waals surface area contributed by atoms with Crippen molar-refractivity contribution in [2.24, 2.45) is 0 Å². The van der Waals surface area contributed by atoms with Crippen molar-refractivity contribution in [2.75, 3.05) is 25.6 Å². The van der Waals surface area contributed by atoms with Crippen LogP contribution < -0.4 is 11.3 Å². The Bertz CT molecular complexity index is 1230. The molecule has 3 aromatic heterocycles. The Morgan fingerprint density at radius 3 is 2.68 bits per heavy atom. The van der Waals surface area contributed by atoms with Crippen molar-refractivity contribution in [2.45, 2.75) is 39.2 Å². The lowest BCUT2D eigenvalue weighted by Crippen LogP contribution is -2.28. The summed E-state index contributed by atoms with van der Waals surface area (Å²) in [5.74, 6) is -2.05. The maximum Gasteiger partial charge on any atom is 0.490 e. The molecule has 3 N–H and O–H groups in total. The molecule has 0 bridgehead atoms. The summed E-state index contributed by atoms with van der Waals surface area (Å²) < 4.78 is 46.2. The fourth-order valence-corrected chi connectivity index (χ4v) is 3.44. The molecule has 0 amide bonds. The Morgan fingerprint density at radius 1 is 1.38 bits per heavy atom. The molecule has 0 aliphatic carbocycles. The highest BCUT2D eigenvalue weighted by molar-refractivity contribution is 5.83. The molecule has 1 fully saturated rings. The number of nitrogen functional groups attached to an aromatic ring is 1. The molecular weight excluding hydrogens is 461 g/mol. The Morgan fingerprint density at radius 2 is 2.09 bits per heavy atom. The van der Waals surface area contributed by atoms with Gasteiger partial charge in [-0.25, -0.2) is 14.8 Å². The van der Waals surface area contributed by atoms with Crippen molar-refractivity contribution in [3.05, 3.63) is 34.5 Å². The van der Waals surface area contributed by atoms with Crippen LogP contribution in [0.25, 0.3) is 22.4 Å². The number of nitrogens with zero attached hydrogens (tertiary/aromatic N) is 5. The molecule has 0 unspecified atom stereocenters. The van der Waals surface area contributed by atoms with Crippen molar-refractivity contribution in [3.63, 3.8) is 0 Å². The molecule has 3 aromatic rings. The van der Waals surface area contributed by atoms with E-state index < -0.39 is 12.1 Å². The van der Waals surface area contributed by atoms with Gasteiger partial charge in [-0.3, -0.25) is 9.36 Å². The number of aliphatic carboxylic acids is 1. The van der Waals surface area contributed by atoms with Crippen molar-refractivity contribution in [3.8, 4) is 11.4 Å². The molecule has 34 heavy (non-hydrogen) atoms. The van der Waals surface area contributed by atoms with E-state index in [1.165, 1.54) is 0 Å². The number of fused-ring (bicyclic) bond motifs is 1. The summed E-state index contributed by atoms with van der Waals surface area (Å²) in [7, 11) is 0. The van der Waals surface area contributed by atoms with Gasteiger partial charge in [0.1, 0.15) is 18.2 Å². The molecule has 1 aliphatic rings. The minimum Gasteiger partial charge on any atom is -0.475 e. The number of carboxylic acid groups (broad SMARTS) is 1. The zero-order valence-corrected chi connectivity index (χ0v) is 18.4. The second-order valence-corrected chi connectivity index (χ2v) is 7.30. The quantitative estimate of drug-likeness (QED) is 0.556. The third-order valence-electron chi connectivity index (χ3n) is 5.00. The van der Waals surface area contributed by atoms with E-state index in [1.54, 1.807) is 23.0 Å². The largest absolute Gasteiger partial charge is 0.490 e. The highest BCUT2D eigenvalue weighted by Crippen LogP contribution is 2.27. The summed E-state index contributed by atoms with van der Waals surface area (Å²) in [6, 6.07) is 1.70. The van der Waals surface area contributed by atoms with Crippen molar-refractivity contribution >= 4 is 23.0 Å². The second kappa shape index (κ2) is 10.2. The first-order valence-corrected chi connectivity index (χ1v) is 10.2. The third kappa shape index (κ3) is 5.34. The van der Waals surface area contributed by atoms with Gasteiger partial charge in [-0.2, -0.15) is 18.2 Å². The summed E-state index contributed by atoms with van der Waals surface area (Å²) in [6.07, 6.45) is -0.883. The Labute approximate surface area is 191 Å². The number of hydrogen-bond acceptors (Lipinski definition) is 8. The first-order valence-electron chi connectivity index (χ1n) is 10.2. The second-order valence-electron chi connectivity index (χ2n) is 7.30. The molecule has 4 rings (SSSR count). The molecule has 0 spiro atoms. The minimum absolute atomic E-state index is 0.0936. The van der Waals surface area contributed by atoms with Gasteiger partial charge in [0.25, 0.3) is 5.56 Å². The lowest BCUT2D eigenvalue weighted by atomic mass is 10.1. The standard InChI is InChI=1S/C18H22N6O3.C2HF3O2/c1-3-26-10-23-6-5-20-15(23)14-8-13-11(2)21-18(19)22-16(13)24(17(14)25)12-4-7-27-9-12;3-2(4,5)1(6)7/h5-6,8,12H,3-4,7,9-10H2,1-2H3,(H2,19,21,22);(H,6,7)/t12-;/m1./s1. The maximum atomic E-state index is 13.4. The number of pyridine rings is 1. The molecule has 0 radical (unpaired) electrons. The summed E-state index contributed by atoms with van der Waals surface area (Å²) in [5, 5.41) is 7.90. The number of halogens is 3. The fourth-order valence-electron chi connectivity index (χ4n) is 3.44. The van der Waals surface area contributed by atoms with Crippen LogP contribution in [0, 0.1) is 6.92 Å². The van der Waals surface area contributed by atoms with Gasteiger partial charge in [0, 0.05) is 31.0 Å². The van der Waals surface area contributed by atoms with E-state index in [-0.39, 0.29) is 17.5 Å². The van der Waals surface area contributed by atoms with Gasteiger partial charge in [0.15, 0.2) is 0 Å². The zero-order chi connectivity index (χ0) is 25.0. The molecule has 184 valence electrons. The Kier molecular flexibility index (Phi) is 7.51. The Balaban J connectivity index is 0.000000406. The summed E-state index contributed by atoms with van der Waals surface area (Å²) in [6.45, 7) is 5.76. The highest BCUT2D eigenvalue weighted by atomic mass is 19.4. The minimum atomic E-state index is -5.08. The smallest absolute Gasteiger partial charge is 0.475 e. The number of aromatic nitrogens is 5. The molecule has 11 nitrogen and oxygen atoms in total. The van der Waals surface area contributed by atoms with Crippen LogP contribution in [0.2, 0.25) is 0 Å². The zero-order valence-electron chi connectivity index (χ0n) is 18.4. The van der Waals surface area contributed by atoms with Crippen molar-refractivity contribution < 1.29 is 32.5 Å². The van der Waals surface area contributed by atoms with Crippen LogP contribution in [0.1, 0.15) is 25.1 Å². The Hall–Kier alpha value is -3.52. The number of carbonyl (C=O) groups is 1.